The quantitative estimate of drug-likeness (QED) is 0.776. The minimum atomic E-state index is 0.202. The van der Waals surface area contributed by atoms with Crippen LogP contribution >= 0.6 is 0 Å². The van der Waals surface area contributed by atoms with Crippen LogP contribution in [0.3, 0.4) is 0 Å². The molecular formula is C15H24N2O. The van der Waals surface area contributed by atoms with Gasteiger partial charge in [0.25, 0.3) is 0 Å². The lowest BCUT2D eigenvalue weighted by molar-refractivity contribution is 0.194. The zero-order valence-electron chi connectivity index (χ0n) is 11.4. The molecule has 0 saturated heterocycles. The molecule has 0 radical (unpaired) electrons. The van der Waals surface area contributed by atoms with Gasteiger partial charge in [-0.25, -0.2) is 0 Å². The van der Waals surface area contributed by atoms with Crippen molar-refractivity contribution in [1.82, 2.24) is 10.2 Å². The molecule has 3 heteroatoms. The van der Waals surface area contributed by atoms with E-state index in [9.17, 15) is 0 Å². The fraction of sp³-hybridized carbons (Fsp3) is 0.600. The zero-order chi connectivity index (χ0) is 13.0. The number of aliphatic hydroxyl groups is 1. The molecule has 1 atom stereocenters. The molecule has 0 saturated carbocycles. The summed E-state index contributed by atoms with van der Waals surface area (Å²) in [6.45, 7) is 8.46. The van der Waals surface area contributed by atoms with Crippen LogP contribution in [0.25, 0.3) is 0 Å². The minimum Gasteiger partial charge on any atom is -0.395 e. The molecule has 2 N–H and O–H groups in total. The lowest BCUT2D eigenvalue weighted by Crippen LogP contribution is -2.38. The van der Waals surface area contributed by atoms with Gasteiger partial charge in [-0.3, -0.25) is 4.90 Å². The number of likely N-dealkylation sites (N-methyl/N-ethyl adjacent to an activating group) is 1. The van der Waals surface area contributed by atoms with Crippen LogP contribution < -0.4 is 5.32 Å². The normalized spacial score (nSPS) is 19.8. The predicted octanol–water partition coefficient (Wildman–Crippen LogP) is 1.53. The monoisotopic (exact) mass is 248 g/mol. The molecule has 2 rings (SSSR count). The molecule has 0 amide bonds. The highest BCUT2D eigenvalue weighted by atomic mass is 16.3. The zero-order valence-corrected chi connectivity index (χ0v) is 11.4. The Balaban J connectivity index is 2.06. The summed E-state index contributed by atoms with van der Waals surface area (Å²) in [5.74, 6) is 0. The Hall–Kier alpha value is -0.900. The van der Waals surface area contributed by atoms with Crippen LogP contribution in [0.1, 0.15) is 30.5 Å². The van der Waals surface area contributed by atoms with E-state index in [-0.39, 0.29) is 6.61 Å². The standard InChI is InChI=1S/C15H24N2O/c1-3-17-11-14-5-4-13(10-16-6-7-18)9-15(14)8-12(17)2/h4-5,9,12,16,18H,3,6-8,10-11H2,1-2H3. The minimum absolute atomic E-state index is 0.202. The highest BCUT2D eigenvalue weighted by Gasteiger charge is 2.21. The molecule has 1 aliphatic rings. The maximum Gasteiger partial charge on any atom is 0.0556 e. The molecule has 0 fully saturated rings. The molecule has 1 aliphatic heterocycles. The Morgan fingerprint density at radius 1 is 1.39 bits per heavy atom. The first-order valence-corrected chi connectivity index (χ1v) is 6.91. The third-order valence-electron chi connectivity index (χ3n) is 3.81. The van der Waals surface area contributed by atoms with E-state index in [1.165, 1.54) is 16.7 Å². The van der Waals surface area contributed by atoms with Gasteiger partial charge in [-0.15, -0.1) is 0 Å². The number of fused-ring (bicyclic) bond motifs is 1. The molecule has 1 heterocycles. The van der Waals surface area contributed by atoms with Crippen LogP contribution in [0.4, 0.5) is 0 Å². The van der Waals surface area contributed by atoms with Crippen LogP contribution in [0.2, 0.25) is 0 Å². The van der Waals surface area contributed by atoms with Crippen molar-refractivity contribution in [2.75, 3.05) is 19.7 Å². The smallest absolute Gasteiger partial charge is 0.0556 e. The van der Waals surface area contributed by atoms with Crippen LogP contribution in [0.5, 0.6) is 0 Å². The Labute approximate surface area is 110 Å². The van der Waals surface area contributed by atoms with Gasteiger partial charge in [0.1, 0.15) is 0 Å². The maximum absolute atomic E-state index is 8.76. The van der Waals surface area contributed by atoms with Crippen molar-refractivity contribution in [1.29, 1.82) is 0 Å². The van der Waals surface area contributed by atoms with E-state index in [1.54, 1.807) is 0 Å². The van der Waals surface area contributed by atoms with Gasteiger partial charge in [-0.05, 0) is 36.6 Å². The van der Waals surface area contributed by atoms with Crippen molar-refractivity contribution < 1.29 is 5.11 Å². The van der Waals surface area contributed by atoms with Crippen LogP contribution in [-0.2, 0) is 19.5 Å². The van der Waals surface area contributed by atoms with Crippen molar-refractivity contribution in [3.8, 4) is 0 Å². The van der Waals surface area contributed by atoms with E-state index in [2.05, 4.69) is 42.3 Å². The molecule has 1 aromatic carbocycles. The van der Waals surface area contributed by atoms with Crippen molar-refractivity contribution >= 4 is 0 Å². The van der Waals surface area contributed by atoms with Crippen LogP contribution in [0, 0.1) is 0 Å². The van der Waals surface area contributed by atoms with Gasteiger partial charge >= 0.3 is 0 Å². The number of hydrogen-bond donors (Lipinski definition) is 2. The number of rotatable bonds is 5. The van der Waals surface area contributed by atoms with Crippen LogP contribution in [-0.4, -0.2) is 35.7 Å². The second-order valence-corrected chi connectivity index (χ2v) is 5.12. The lowest BCUT2D eigenvalue weighted by atomic mass is 9.93. The van der Waals surface area contributed by atoms with Gasteiger partial charge in [0.05, 0.1) is 6.61 Å². The van der Waals surface area contributed by atoms with Crippen LogP contribution in [0.15, 0.2) is 18.2 Å². The Bertz CT molecular complexity index is 392. The predicted molar refractivity (Wildman–Crippen MR) is 74.5 cm³/mol. The van der Waals surface area contributed by atoms with E-state index in [1.807, 2.05) is 0 Å². The number of benzene rings is 1. The molecule has 0 bridgehead atoms. The highest BCUT2D eigenvalue weighted by molar-refractivity contribution is 5.34. The Morgan fingerprint density at radius 3 is 2.94 bits per heavy atom. The molecule has 1 unspecified atom stereocenters. The van der Waals surface area contributed by atoms with Crippen molar-refractivity contribution in [3.05, 3.63) is 34.9 Å². The fourth-order valence-electron chi connectivity index (χ4n) is 2.69. The molecule has 0 aromatic heterocycles. The van der Waals surface area contributed by atoms with E-state index in [0.717, 1.165) is 26.1 Å². The summed E-state index contributed by atoms with van der Waals surface area (Å²) in [5, 5.41) is 12.0. The Morgan fingerprint density at radius 2 is 2.22 bits per heavy atom. The molecule has 0 aliphatic carbocycles. The first kappa shape index (κ1) is 13.5. The number of aliphatic hydroxyl groups excluding tert-OH is 1. The van der Waals surface area contributed by atoms with Gasteiger partial charge in [-0.1, -0.05) is 25.1 Å². The third-order valence-corrected chi connectivity index (χ3v) is 3.81. The number of nitrogens with zero attached hydrogens (tertiary/aromatic N) is 1. The first-order chi connectivity index (χ1) is 8.74. The van der Waals surface area contributed by atoms with Gasteiger partial charge in [-0.2, -0.15) is 0 Å². The van der Waals surface area contributed by atoms with Gasteiger partial charge in [0, 0.05) is 25.7 Å². The largest absolute Gasteiger partial charge is 0.395 e. The average molecular weight is 248 g/mol. The van der Waals surface area contributed by atoms with Crippen molar-refractivity contribution in [2.24, 2.45) is 0 Å². The van der Waals surface area contributed by atoms with E-state index in [4.69, 9.17) is 5.11 Å². The summed E-state index contributed by atoms with van der Waals surface area (Å²) >= 11 is 0. The van der Waals surface area contributed by atoms with E-state index in [0.29, 0.717) is 12.6 Å². The summed E-state index contributed by atoms with van der Waals surface area (Å²) in [5.41, 5.74) is 4.29. The summed E-state index contributed by atoms with van der Waals surface area (Å²) in [7, 11) is 0. The molecule has 3 nitrogen and oxygen atoms in total. The van der Waals surface area contributed by atoms with Crippen molar-refractivity contribution in [2.45, 2.75) is 39.4 Å². The number of nitrogens with one attached hydrogen (secondary N) is 1. The summed E-state index contributed by atoms with van der Waals surface area (Å²) < 4.78 is 0. The maximum atomic E-state index is 8.76. The molecule has 0 spiro atoms. The molecule has 100 valence electrons. The summed E-state index contributed by atoms with van der Waals surface area (Å²) in [6.07, 6.45) is 1.15. The highest BCUT2D eigenvalue weighted by Crippen LogP contribution is 2.24. The molecule has 1 aromatic rings. The van der Waals surface area contributed by atoms with E-state index < -0.39 is 0 Å². The summed E-state index contributed by atoms with van der Waals surface area (Å²) in [6, 6.07) is 7.43. The number of hydrogen-bond acceptors (Lipinski definition) is 3. The van der Waals surface area contributed by atoms with Gasteiger partial charge in [0.2, 0.25) is 0 Å². The molecule has 18 heavy (non-hydrogen) atoms. The van der Waals surface area contributed by atoms with Crippen molar-refractivity contribution in [3.63, 3.8) is 0 Å². The fourth-order valence-corrected chi connectivity index (χ4v) is 2.69. The second-order valence-electron chi connectivity index (χ2n) is 5.12. The SMILES string of the molecule is CCN1Cc2ccc(CNCCO)cc2CC1C. The Kier molecular flexibility index (Phi) is 4.75. The summed E-state index contributed by atoms with van der Waals surface area (Å²) in [4.78, 5) is 2.52. The third kappa shape index (κ3) is 3.10. The topological polar surface area (TPSA) is 35.5 Å². The lowest BCUT2D eigenvalue weighted by Gasteiger charge is -2.34. The first-order valence-electron chi connectivity index (χ1n) is 6.91. The van der Waals surface area contributed by atoms with Gasteiger partial charge < -0.3 is 10.4 Å². The van der Waals surface area contributed by atoms with Gasteiger partial charge in [0.15, 0.2) is 0 Å². The average Bonchev–Trinajstić information content (AvgIpc) is 2.38. The van der Waals surface area contributed by atoms with E-state index >= 15 is 0 Å². The second kappa shape index (κ2) is 6.32. The molecular weight excluding hydrogens is 224 g/mol.